The number of carbonyl (C=O) groups is 2. The summed E-state index contributed by atoms with van der Waals surface area (Å²) in [4.78, 5) is 26.4. The van der Waals surface area contributed by atoms with Crippen molar-refractivity contribution in [3.8, 4) is 0 Å². The predicted octanol–water partition coefficient (Wildman–Crippen LogP) is 3.56. The summed E-state index contributed by atoms with van der Waals surface area (Å²) in [5, 5.41) is 5.68. The number of methoxy groups -OCH3 is 1. The zero-order valence-electron chi connectivity index (χ0n) is 17.9. The van der Waals surface area contributed by atoms with Gasteiger partial charge in [0.25, 0.3) is 0 Å². The second-order valence-electron chi connectivity index (χ2n) is 8.49. The number of nitrogens with zero attached hydrogens (tertiary/aromatic N) is 1. The first-order valence-corrected chi connectivity index (χ1v) is 10.7. The van der Waals surface area contributed by atoms with E-state index in [-0.39, 0.29) is 17.9 Å². The fourth-order valence-electron chi connectivity index (χ4n) is 4.81. The van der Waals surface area contributed by atoms with Crippen LogP contribution in [0.3, 0.4) is 0 Å². The Kier molecular flexibility index (Phi) is 7.46. The molecule has 172 valence electrons. The highest BCUT2D eigenvalue weighted by atomic mass is 19.4. The van der Waals surface area contributed by atoms with Crippen molar-refractivity contribution in [2.24, 2.45) is 11.8 Å². The van der Waals surface area contributed by atoms with Crippen LogP contribution in [0.4, 0.5) is 18.0 Å². The molecule has 0 bridgehead atoms. The van der Waals surface area contributed by atoms with E-state index >= 15 is 0 Å². The second kappa shape index (κ2) is 9.89. The molecule has 0 radical (unpaired) electrons. The van der Waals surface area contributed by atoms with Crippen molar-refractivity contribution in [2.45, 2.75) is 57.4 Å². The highest BCUT2D eigenvalue weighted by molar-refractivity contribution is 5.85. The van der Waals surface area contributed by atoms with Crippen molar-refractivity contribution in [3.05, 3.63) is 35.4 Å². The molecule has 31 heavy (non-hydrogen) atoms. The van der Waals surface area contributed by atoms with Gasteiger partial charge in [0.05, 0.1) is 12.7 Å². The highest BCUT2D eigenvalue weighted by Crippen LogP contribution is 2.39. The van der Waals surface area contributed by atoms with Crippen molar-refractivity contribution >= 4 is 12.0 Å². The second-order valence-corrected chi connectivity index (χ2v) is 8.49. The average Bonchev–Trinajstić information content (AvgIpc) is 3.28. The van der Waals surface area contributed by atoms with E-state index in [9.17, 15) is 22.8 Å². The summed E-state index contributed by atoms with van der Waals surface area (Å²) in [5.74, 6) is 0.457. The van der Waals surface area contributed by atoms with Gasteiger partial charge in [-0.15, -0.1) is 0 Å². The lowest BCUT2D eigenvalue weighted by molar-refractivity contribution is -0.137. The number of alkyl halides is 3. The van der Waals surface area contributed by atoms with Crippen molar-refractivity contribution < 1.29 is 27.5 Å². The van der Waals surface area contributed by atoms with Crippen molar-refractivity contribution in [2.75, 3.05) is 20.2 Å². The van der Waals surface area contributed by atoms with Crippen molar-refractivity contribution in [1.29, 1.82) is 0 Å². The first kappa shape index (κ1) is 23.4. The minimum atomic E-state index is -4.35. The zero-order chi connectivity index (χ0) is 22.6. The van der Waals surface area contributed by atoms with Crippen LogP contribution in [-0.4, -0.2) is 49.2 Å². The lowest BCUT2D eigenvalue weighted by Crippen LogP contribution is -2.50. The van der Waals surface area contributed by atoms with Crippen LogP contribution in [0.1, 0.15) is 43.7 Å². The summed E-state index contributed by atoms with van der Waals surface area (Å²) >= 11 is 0. The summed E-state index contributed by atoms with van der Waals surface area (Å²) in [6.07, 6.45) is -1.88. The molecule has 1 aliphatic carbocycles. The number of benzene rings is 1. The van der Waals surface area contributed by atoms with Gasteiger partial charge in [-0.3, -0.25) is 9.69 Å². The number of nitrogens with one attached hydrogen (secondary N) is 2. The van der Waals surface area contributed by atoms with E-state index in [4.69, 9.17) is 0 Å². The van der Waals surface area contributed by atoms with Gasteiger partial charge in [0, 0.05) is 25.7 Å². The van der Waals surface area contributed by atoms with E-state index in [0.717, 1.165) is 38.4 Å². The molecule has 2 N–H and O–H groups in total. The highest BCUT2D eigenvalue weighted by Gasteiger charge is 2.43. The Balaban J connectivity index is 1.58. The van der Waals surface area contributed by atoms with Gasteiger partial charge in [-0.1, -0.05) is 31.5 Å². The van der Waals surface area contributed by atoms with E-state index < -0.39 is 23.9 Å². The van der Waals surface area contributed by atoms with Crippen LogP contribution in [-0.2, 0) is 22.3 Å². The fourth-order valence-corrected chi connectivity index (χ4v) is 4.81. The molecule has 2 fully saturated rings. The van der Waals surface area contributed by atoms with Crippen LogP contribution in [0.25, 0.3) is 0 Å². The van der Waals surface area contributed by atoms with Crippen molar-refractivity contribution in [3.63, 3.8) is 0 Å². The molecule has 1 heterocycles. The average molecular weight is 441 g/mol. The number of hydrogen-bond acceptors (Lipinski definition) is 4. The number of carbonyl (C=O) groups excluding carboxylic acids is 2. The zero-order valence-corrected chi connectivity index (χ0v) is 17.9. The number of halogens is 3. The van der Waals surface area contributed by atoms with Gasteiger partial charge in [-0.05, 0) is 42.7 Å². The number of alkyl carbamates (subject to hydrolysis) is 1. The van der Waals surface area contributed by atoms with Gasteiger partial charge in [0.2, 0.25) is 5.91 Å². The minimum Gasteiger partial charge on any atom is -0.453 e. The van der Waals surface area contributed by atoms with Crippen LogP contribution < -0.4 is 10.6 Å². The topological polar surface area (TPSA) is 70.7 Å². The fraction of sp³-hybridized carbons (Fsp3) is 0.636. The van der Waals surface area contributed by atoms with E-state index in [0.29, 0.717) is 24.4 Å². The molecule has 0 aromatic heterocycles. The van der Waals surface area contributed by atoms with Crippen LogP contribution >= 0.6 is 0 Å². The molecule has 1 aromatic carbocycles. The molecule has 3 rings (SSSR count). The molecule has 1 saturated carbocycles. The van der Waals surface area contributed by atoms with Gasteiger partial charge >= 0.3 is 12.3 Å². The molecule has 1 aliphatic heterocycles. The number of likely N-dealkylation sites (tertiary alicyclic amines) is 1. The van der Waals surface area contributed by atoms with Gasteiger partial charge in [-0.25, -0.2) is 4.79 Å². The SMILES string of the molecule is CCC[C@H](NC(=O)OC)C(=O)N[C@H]1CC[C@@H]2CN(Cc3cccc(C(F)(F)F)c3)C[C@@H]21. The Morgan fingerprint density at radius 2 is 2.03 bits per heavy atom. The molecule has 9 heteroatoms. The van der Waals surface area contributed by atoms with E-state index in [1.165, 1.54) is 19.2 Å². The third kappa shape index (κ3) is 5.90. The molecule has 2 aliphatic rings. The van der Waals surface area contributed by atoms with Crippen LogP contribution in [0.15, 0.2) is 24.3 Å². The number of fused-ring (bicyclic) bond motifs is 1. The molecular formula is C22H30F3N3O3. The van der Waals surface area contributed by atoms with Gasteiger partial charge in [-0.2, -0.15) is 13.2 Å². The van der Waals surface area contributed by atoms with Crippen LogP contribution in [0.5, 0.6) is 0 Å². The van der Waals surface area contributed by atoms with Gasteiger partial charge in [0.15, 0.2) is 0 Å². The number of rotatable bonds is 7. The third-order valence-corrected chi connectivity index (χ3v) is 6.29. The Hall–Kier alpha value is -2.29. The maximum absolute atomic E-state index is 13.0. The van der Waals surface area contributed by atoms with E-state index in [2.05, 4.69) is 20.3 Å². The molecule has 1 saturated heterocycles. The van der Waals surface area contributed by atoms with Crippen LogP contribution in [0, 0.1) is 11.8 Å². The predicted molar refractivity (Wildman–Crippen MR) is 109 cm³/mol. The van der Waals surface area contributed by atoms with Crippen LogP contribution in [0.2, 0.25) is 0 Å². The molecular weight excluding hydrogens is 411 g/mol. The molecule has 6 nitrogen and oxygen atoms in total. The smallest absolute Gasteiger partial charge is 0.416 e. The number of hydrogen-bond donors (Lipinski definition) is 2. The monoisotopic (exact) mass is 441 g/mol. The summed E-state index contributed by atoms with van der Waals surface area (Å²) in [6.45, 7) is 3.94. The normalized spacial score (nSPS) is 24.5. The molecule has 1 aromatic rings. The van der Waals surface area contributed by atoms with Gasteiger partial charge < -0.3 is 15.4 Å². The Morgan fingerprint density at radius 1 is 1.26 bits per heavy atom. The maximum atomic E-state index is 13.0. The molecule has 2 amide bonds. The first-order chi connectivity index (χ1) is 14.7. The lowest BCUT2D eigenvalue weighted by Gasteiger charge is -2.25. The minimum absolute atomic E-state index is 0.00260. The maximum Gasteiger partial charge on any atom is 0.416 e. The van der Waals surface area contributed by atoms with Crippen molar-refractivity contribution in [1.82, 2.24) is 15.5 Å². The van der Waals surface area contributed by atoms with E-state index in [1.807, 2.05) is 6.92 Å². The summed E-state index contributed by atoms with van der Waals surface area (Å²) < 4.78 is 43.5. The number of ether oxygens (including phenoxy) is 1. The Labute approximate surface area is 180 Å². The molecule has 0 spiro atoms. The van der Waals surface area contributed by atoms with Gasteiger partial charge in [0.1, 0.15) is 6.04 Å². The molecule has 0 unspecified atom stereocenters. The Bertz CT molecular complexity index is 787. The van der Waals surface area contributed by atoms with E-state index in [1.54, 1.807) is 6.07 Å². The third-order valence-electron chi connectivity index (χ3n) is 6.29. The number of amides is 2. The quantitative estimate of drug-likeness (QED) is 0.679. The molecule has 4 atom stereocenters. The summed E-state index contributed by atoms with van der Waals surface area (Å²) in [7, 11) is 1.26. The summed E-state index contributed by atoms with van der Waals surface area (Å²) in [5.41, 5.74) is 0.00951. The Morgan fingerprint density at radius 3 is 2.71 bits per heavy atom. The standard InChI is InChI=1S/C22H30F3N3O3/c1-3-5-19(27-21(30)31-2)20(29)26-18-9-8-15-12-28(13-17(15)18)11-14-6-4-7-16(10-14)22(23,24)25/h4,6-7,10,15,17-19H,3,5,8-9,11-13H2,1-2H3,(H,26,29)(H,27,30)/t15-,17+,18+,19+/m1/s1. The largest absolute Gasteiger partial charge is 0.453 e. The first-order valence-electron chi connectivity index (χ1n) is 10.7. The summed E-state index contributed by atoms with van der Waals surface area (Å²) in [6, 6.07) is 4.82. The lowest BCUT2D eigenvalue weighted by atomic mass is 9.97.